The van der Waals surface area contributed by atoms with Crippen LogP contribution in [-0.4, -0.2) is 17.1 Å². The van der Waals surface area contributed by atoms with Crippen molar-refractivity contribution >= 4 is 11.3 Å². The molecule has 3 rings (SSSR count). The van der Waals surface area contributed by atoms with Gasteiger partial charge < -0.3 is 15.5 Å². The van der Waals surface area contributed by atoms with Crippen molar-refractivity contribution in [1.29, 1.82) is 0 Å². The topological polar surface area (TPSA) is 81.0 Å². The van der Waals surface area contributed by atoms with Crippen LogP contribution in [0.2, 0.25) is 0 Å². The van der Waals surface area contributed by atoms with Crippen molar-refractivity contribution in [3.05, 3.63) is 93.7 Å². The maximum atomic E-state index is 13.2. The highest BCUT2D eigenvalue weighted by Crippen LogP contribution is 2.31. The third-order valence-corrected chi connectivity index (χ3v) is 5.36. The van der Waals surface area contributed by atoms with Gasteiger partial charge in [-0.1, -0.05) is 68.8 Å². The van der Waals surface area contributed by atoms with E-state index in [9.17, 15) is 4.79 Å². The summed E-state index contributed by atoms with van der Waals surface area (Å²) in [5, 5.41) is 0. The van der Waals surface area contributed by atoms with Crippen LogP contribution in [0.4, 0.5) is 0 Å². The smallest absolute Gasteiger partial charge is 0.259 e. The minimum Gasteiger partial charge on any atom is -0.497 e. The molecule has 1 aromatic heterocycles. The summed E-state index contributed by atoms with van der Waals surface area (Å²) in [6.45, 7) is 6.09. The van der Waals surface area contributed by atoms with E-state index in [0.717, 1.165) is 47.3 Å². The number of aromatic amines is 1. The molecular weight excluding hydrogens is 398 g/mol. The summed E-state index contributed by atoms with van der Waals surface area (Å²) in [6, 6.07) is 17.2. The standard InChI is InChI=1S/C27H31N3O2/c1-5-10-19(11-6-2)24(25(28)21-12-8-7-9-13-21)26-29-18(3)23(27(31)30-26)20-14-16-22(32-4)17-15-20/h7-10,12-17H,5-6,11,28H2,1-4H3,(H,29,30,31)/b19-10+,25-24?. The van der Waals surface area contributed by atoms with E-state index in [2.05, 4.69) is 24.9 Å². The number of hydrogen-bond donors (Lipinski definition) is 2. The first-order valence-electron chi connectivity index (χ1n) is 11.0. The molecule has 1 heterocycles. The molecule has 0 atom stereocenters. The zero-order valence-corrected chi connectivity index (χ0v) is 19.2. The highest BCUT2D eigenvalue weighted by atomic mass is 16.5. The van der Waals surface area contributed by atoms with Crippen LogP contribution in [-0.2, 0) is 0 Å². The van der Waals surface area contributed by atoms with Crippen LogP contribution in [0.25, 0.3) is 22.4 Å². The molecule has 0 radical (unpaired) electrons. The Bertz CT molecular complexity index is 1170. The first-order valence-corrected chi connectivity index (χ1v) is 11.0. The van der Waals surface area contributed by atoms with Crippen molar-refractivity contribution in [2.45, 2.75) is 40.0 Å². The minimum absolute atomic E-state index is 0.191. The molecule has 0 saturated carbocycles. The second kappa shape index (κ2) is 10.6. The summed E-state index contributed by atoms with van der Waals surface area (Å²) in [5.74, 6) is 1.24. The van der Waals surface area contributed by atoms with E-state index in [4.69, 9.17) is 15.5 Å². The Morgan fingerprint density at radius 2 is 1.78 bits per heavy atom. The van der Waals surface area contributed by atoms with Crippen LogP contribution in [0, 0.1) is 6.92 Å². The van der Waals surface area contributed by atoms with Gasteiger partial charge in [0.15, 0.2) is 0 Å². The minimum atomic E-state index is -0.191. The summed E-state index contributed by atoms with van der Waals surface area (Å²) < 4.78 is 5.23. The molecule has 3 aromatic rings. The zero-order chi connectivity index (χ0) is 23.1. The van der Waals surface area contributed by atoms with Crippen molar-refractivity contribution < 1.29 is 4.74 Å². The Hall–Kier alpha value is -3.60. The summed E-state index contributed by atoms with van der Waals surface area (Å²) >= 11 is 0. The van der Waals surface area contributed by atoms with Crippen LogP contribution in [0.3, 0.4) is 0 Å². The number of ether oxygens (including phenoxy) is 1. The lowest BCUT2D eigenvalue weighted by Crippen LogP contribution is -2.18. The molecule has 3 N–H and O–H groups in total. The van der Waals surface area contributed by atoms with Crippen molar-refractivity contribution in [3.63, 3.8) is 0 Å². The lowest BCUT2D eigenvalue weighted by molar-refractivity contribution is 0.415. The van der Waals surface area contributed by atoms with Crippen LogP contribution in [0.5, 0.6) is 5.75 Å². The third kappa shape index (κ3) is 4.99. The van der Waals surface area contributed by atoms with Gasteiger partial charge in [-0.05, 0) is 48.6 Å². The second-order valence-electron chi connectivity index (χ2n) is 7.65. The normalized spacial score (nSPS) is 12.4. The molecule has 0 aliphatic rings. The van der Waals surface area contributed by atoms with Gasteiger partial charge >= 0.3 is 0 Å². The number of aromatic nitrogens is 2. The number of benzene rings is 2. The maximum absolute atomic E-state index is 13.2. The van der Waals surface area contributed by atoms with E-state index in [-0.39, 0.29) is 5.56 Å². The number of nitrogens with zero attached hydrogens (tertiary/aromatic N) is 1. The van der Waals surface area contributed by atoms with Gasteiger partial charge in [-0.2, -0.15) is 0 Å². The molecule has 0 unspecified atom stereocenters. The predicted octanol–water partition coefficient (Wildman–Crippen LogP) is 5.72. The molecule has 166 valence electrons. The van der Waals surface area contributed by atoms with Crippen molar-refractivity contribution in [1.82, 2.24) is 9.97 Å². The molecule has 0 saturated heterocycles. The molecule has 0 bridgehead atoms. The van der Waals surface area contributed by atoms with Gasteiger partial charge in [0.1, 0.15) is 11.6 Å². The van der Waals surface area contributed by atoms with Gasteiger partial charge in [0.05, 0.1) is 24.1 Å². The Morgan fingerprint density at radius 1 is 1.09 bits per heavy atom. The number of aryl methyl sites for hydroxylation is 1. The molecule has 0 aliphatic carbocycles. The third-order valence-electron chi connectivity index (χ3n) is 5.36. The van der Waals surface area contributed by atoms with E-state index in [0.29, 0.717) is 22.8 Å². The SMILES string of the molecule is CC/C=C(\CCC)C(=C(N)c1ccccc1)c1nc(C)c(-c2ccc(OC)cc2)c(=O)[nH]1. The highest BCUT2D eigenvalue weighted by Gasteiger charge is 2.19. The van der Waals surface area contributed by atoms with Crippen LogP contribution < -0.4 is 16.0 Å². The van der Waals surface area contributed by atoms with Crippen LogP contribution >= 0.6 is 0 Å². The van der Waals surface area contributed by atoms with Gasteiger partial charge in [-0.3, -0.25) is 4.79 Å². The monoisotopic (exact) mass is 429 g/mol. The first-order chi connectivity index (χ1) is 15.5. The Labute approximate surface area is 189 Å². The molecule has 5 nitrogen and oxygen atoms in total. The van der Waals surface area contributed by atoms with Crippen LogP contribution in [0.15, 0.2) is 71.0 Å². The number of nitrogens with two attached hydrogens (primary N) is 1. The van der Waals surface area contributed by atoms with E-state index in [1.165, 1.54) is 0 Å². The lowest BCUT2D eigenvalue weighted by atomic mass is 9.94. The average Bonchev–Trinajstić information content (AvgIpc) is 2.80. The number of nitrogens with one attached hydrogen (secondary N) is 1. The van der Waals surface area contributed by atoms with E-state index in [1.807, 2.05) is 61.5 Å². The zero-order valence-electron chi connectivity index (χ0n) is 19.2. The summed E-state index contributed by atoms with van der Waals surface area (Å²) in [5.41, 5.74) is 11.9. The largest absolute Gasteiger partial charge is 0.497 e. The van der Waals surface area contributed by atoms with Gasteiger partial charge in [-0.15, -0.1) is 0 Å². The predicted molar refractivity (Wildman–Crippen MR) is 132 cm³/mol. The summed E-state index contributed by atoms with van der Waals surface area (Å²) in [6.07, 6.45) is 4.85. The second-order valence-corrected chi connectivity index (χ2v) is 7.65. The van der Waals surface area contributed by atoms with Gasteiger partial charge in [0.2, 0.25) is 0 Å². The molecular formula is C27H31N3O2. The van der Waals surface area contributed by atoms with Crippen molar-refractivity contribution in [2.24, 2.45) is 5.73 Å². The van der Waals surface area contributed by atoms with Gasteiger partial charge in [0.25, 0.3) is 5.56 Å². The molecule has 0 aliphatic heterocycles. The van der Waals surface area contributed by atoms with E-state index < -0.39 is 0 Å². The number of allylic oxidation sites excluding steroid dienone is 3. The van der Waals surface area contributed by atoms with E-state index in [1.54, 1.807) is 7.11 Å². The van der Waals surface area contributed by atoms with E-state index >= 15 is 0 Å². The molecule has 2 aromatic carbocycles. The Balaban J connectivity index is 2.21. The molecule has 5 heteroatoms. The highest BCUT2D eigenvalue weighted by molar-refractivity contribution is 5.95. The number of hydrogen-bond acceptors (Lipinski definition) is 4. The molecule has 0 fully saturated rings. The maximum Gasteiger partial charge on any atom is 0.259 e. The fraction of sp³-hybridized carbons (Fsp3) is 0.259. The molecule has 0 amide bonds. The Kier molecular flexibility index (Phi) is 7.66. The first kappa shape index (κ1) is 23.1. The quantitative estimate of drug-likeness (QED) is 0.449. The van der Waals surface area contributed by atoms with Crippen molar-refractivity contribution in [3.8, 4) is 16.9 Å². The number of rotatable bonds is 8. The Morgan fingerprint density at radius 3 is 2.34 bits per heavy atom. The average molecular weight is 430 g/mol. The van der Waals surface area contributed by atoms with Crippen molar-refractivity contribution in [2.75, 3.05) is 7.11 Å². The molecule has 0 spiro atoms. The molecule has 32 heavy (non-hydrogen) atoms. The van der Waals surface area contributed by atoms with Gasteiger partial charge in [0, 0.05) is 5.57 Å². The number of H-pyrrole nitrogens is 1. The van der Waals surface area contributed by atoms with Gasteiger partial charge in [-0.25, -0.2) is 4.98 Å². The van der Waals surface area contributed by atoms with Crippen LogP contribution in [0.1, 0.15) is 50.2 Å². The lowest BCUT2D eigenvalue weighted by Gasteiger charge is -2.17. The fourth-order valence-electron chi connectivity index (χ4n) is 3.86. The number of methoxy groups -OCH3 is 1. The summed E-state index contributed by atoms with van der Waals surface area (Å²) in [4.78, 5) is 21.0. The fourth-order valence-corrected chi connectivity index (χ4v) is 3.86. The summed E-state index contributed by atoms with van der Waals surface area (Å²) in [7, 11) is 1.62.